The van der Waals surface area contributed by atoms with Crippen molar-refractivity contribution in [2.24, 2.45) is 0 Å². The van der Waals surface area contributed by atoms with Crippen LogP contribution >= 0.6 is 23.2 Å². The summed E-state index contributed by atoms with van der Waals surface area (Å²) in [6.45, 7) is 4.37. The van der Waals surface area contributed by atoms with Crippen LogP contribution in [0.15, 0.2) is 35.4 Å². The topological polar surface area (TPSA) is 26.9 Å². The number of rotatable bonds is 3. The number of benzene rings is 1. The largest absolute Gasteiger partial charge is 0.328 e. The van der Waals surface area contributed by atoms with E-state index in [0.29, 0.717) is 16.6 Å². The van der Waals surface area contributed by atoms with Crippen LogP contribution in [0, 0.1) is 0 Å². The summed E-state index contributed by atoms with van der Waals surface area (Å²) in [5.41, 5.74) is 0.800. The smallest absolute Gasteiger partial charge is 0.297 e. The third-order valence-electron chi connectivity index (χ3n) is 2.78. The first-order chi connectivity index (χ1) is 8.49. The SMILES string of the molecule is CC(C)n1ccn(Cc2cc(Cl)ccc2Cl)c1=O. The fraction of sp³-hybridized carbons (Fsp3) is 0.308. The molecule has 5 heteroatoms. The third-order valence-corrected chi connectivity index (χ3v) is 3.38. The molecule has 0 atom stereocenters. The molecule has 0 radical (unpaired) electrons. The minimum Gasteiger partial charge on any atom is -0.297 e. The van der Waals surface area contributed by atoms with Crippen LogP contribution in [0.25, 0.3) is 0 Å². The molecule has 2 rings (SSSR count). The number of hydrogen-bond donors (Lipinski definition) is 0. The van der Waals surface area contributed by atoms with E-state index in [-0.39, 0.29) is 11.7 Å². The predicted molar refractivity (Wildman–Crippen MR) is 74.6 cm³/mol. The molecule has 18 heavy (non-hydrogen) atoms. The molecular formula is C13H14Cl2N2O. The molecule has 96 valence electrons. The van der Waals surface area contributed by atoms with Crippen LogP contribution in [0.3, 0.4) is 0 Å². The molecule has 0 unspecified atom stereocenters. The van der Waals surface area contributed by atoms with Gasteiger partial charge in [0, 0.05) is 28.5 Å². The molecule has 0 aliphatic rings. The molecule has 0 fully saturated rings. The van der Waals surface area contributed by atoms with Crippen molar-refractivity contribution < 1.29 is 0 Å². The Labute approximate surface area is 116 Å². The lowest BCUT2D eigenvalue weighted by atomic mass is 10.2. The standard InChI is InChI=1S/C13H14Cl2N2O/c1-9(2)17-6-5-16(13(17)18)8-10-7-11(14)3-4-12(10)15/h3-7,9H,8H2,1-2H3. The molecule has 3 nitrogen and oxygen atoms in total. The maximum atomic E-state index is 12.1. The van der Waals surface area contributed by atoms with E-state index in [1.165, 1.54) is 0 Å². The number of aromatic nitrogens is 2. The first-order valence-electron chi connectivity index (χ1n) is 5.70. The average molecular weight is 285 g/mol. The van der Waals surface area contributed by atoms with Gasteiger partial charge in [0.2, 0.25) is 0 Å². The molecule has 1 aromatic heterocycles. The summed E-state index contributed by atoms with van der Waals surface area (Å²) in [6, 6.07) is 5.40. The molecule has 0 spiro atoms. The van der Waals surface area contributed by atoms with Gasteiger partial charge in [-0.2, -0.15) is 0 Å². The summed E-state index contributed by atoms with van der Waals surface area (Å²) in [5, 5.41) is 1.23. The van der Waals surface area contributed by atoms with Gasteiger partial charge in [-0.25, -0.2) is 4.79 Å². The Kier molecular flexibility index (Phi) is 3.83. The summed E-state index contributed by atoms with van der Waals surface area (Å²) in [5.74, 6) is 0. The van der Waals surface area contributed by atoms with Crippen molar-refractivity contribution >= 4 is 23.2 Å². The first kappa shape index (κ1) is 13.2. The monoisotopic (exact) mass is 284 g/mol. The Morgan fingerprint density at radius 2 is 1.94 bits per heavy atom. The van der Waals surface area contributed by atoms with E-state index >= 15 is 0 Å². The zero-order valence-electron chi connectivity index (χ0n) is 10.2. The highest BCUT2D eigenvalue weighted by atomic mass is 35.5. The lowest BCUT2D eigenvalue weighted by Gasteiger charge is -2.07. The zero-order valence-corrected chi connectivity index (χ0v) is 11.7. The fourth-order valence-electron chi connectivity index (χ4n) is 1.79. The Balaban J connectivity index is 2.35. The van der Waals surface area contributed by atoms with Crippen molar-refractivity contribution in [1.29, 1.82) is 0 Å². The van der Waals surface area contributed by atoms with E-state index in [1.54, 1.807) is 39.7 Å². The van der Waals surface area contributed by atoms with Crippen molar-refractivity contribution in [3.8, 4) is 0 Å². The van der Waals surface area contributed by atoms with Crippen molar-refractivity contribution in [1.82, 2.24) is 9.13 Å². The molecule has 0 aliphatic heterocycles. The van der Waals surface area contributed by atoms with Crippen molar-refractivity contribution in [2.45, 2.75) is 26.4 Å². The number of hydrogen-bond acceptors (Lipinski definition) is 1. The molecule has 0 saturated heterocycles. The van der Waals surface area contributed by atoms with E-state index in [1.807, 2.05) is 13.8 Å². The van der Waals surface area contributed by atoms with Gasteiger partial charge in [-0.05, 0) is 37.6 Å². The Hall–Kier alpha value is -1.19. The molecule has 0 aliphatic carbocycles. The minimum absolute atomic E-state index is 0.0407. The molecule has 0 amide bonds. The van der Waals surface area contributed by atoms with Gasteiger partial charge in [0.05, 0.1) is 6.54 Å². The van der Waals surface area contributed by atoms with Gasteiger partial charge >= 0.3 is 5.69 Å². The second kappa shape index (κ2) is 5.21. The number of nitrogens with zero attached hydrogens (tertiary/aromatic N) is 2. The van der Waals surface area contributed by atoms with Gasteiger partial charge < -0.3 is 0 Å². The molecule has 0 bridgehead atoms. The van der Waals surface area contributed by atoms with Gasteiger partial charge in [0.1, 0.15) is 0 Å². The second-order valence-corrected chi connectivity index (χ2v) is 5.29. The van der Waals surface area contributed by atoms with E-state index in [2.05, 4.69) is 0 Å². The van der Waals surface area contributed by atoms with Crippen molar-refractivity contribution in [3.05, 3.63) is 56.7 Å². The Morgan fingerprint density at radius 1 is 1.22 bits per heavy atom. The van der Waals surface area contributed by atoms with Gasteiger partial charge in [-0.1, -0.05) is 23.2 Å². The van der Waals surface area contributed by atoms with E-state index < -0.39 is 0 Å². The number of imidazole rings is 1. The maximum absolute atomic E-state index is 12.1. The Morgan fingerprint density at radius 3 is 2.56 bits per heavy atom. The molecule has 0 saturated carbocycles. The highest BCUT2D eigenvalue weighted by molar-refractivity contribution is 6.33. The minimum atomic E-state index is -0.0407. The van der Waals surface area contributed by atoms with Crippen LogP contribution in [0.4, 0.5) is 0 Å². The first-order valence-corrected chi connectivity index (χ1v) is 6.46. The lowest BCUT2D eigenvalue weighted by molar-refractivity contribution is 0.561. The van der Waals surface area contributed by atoms with Crippen LogP contribution in [0.5, 0.6) is 0 Å². The summed E-state index contributed by atoms with van der Waals surface area (Å²) in [7, 11) is 0. The predicted octanol–water partition coefficient (Wildman–Crippen LogP) is 3.59. The molecular weight excluding hydrogens is 271 g/mol. The van der Waals surface area contributed by atoms with Gasteiger partial charge in [0.25, 0.3) is 0 Å². The van der Waals surface area contributed by atoms with Crippen molar-refractivity contribution in [2.75, 3.05) is 0 Å². The highest BCUT2D eigenvalue weighted by Gasteiger charge is 2.08. The maximum Gasteiger partial charge on any atom is 0.328 e. The quantitative estimate of drug-likeness (QED) is 0.846. The van der Waals surface area contributed by atoms with Crippen LogP contribution in [-0.2, 0) is 6.54 Å². The lowest BCUT2D eigenvalue weighted by Crippen LogP contribution is -2.25. The fourth-order valence-corrected chi connectivity index (χ4v) is 2.16. The van der Waals surface area contributed by atoms with Crippen LogP contribution in [0.2, 0.25) is 10.0 Å². The molecule has 1 heterocycles. The number of halogens is 2. The van der Waals surface area contributed by atoms with E-state index in [4.69, 9.17) is 23.2 Å². The van der Waals surface area contributed by atoms with E-state index in [9.17, 15) is 4.79 Å². The Bertz CT molecular complexity index is 614. The van der Waals surface area contributed by atoms with E-state index in [0.717, 1.165) is 5.56 Å². The summed E-state index contributed by atoms with van der Waals surface area (Å²) < 4.78 is 3.30. The highest BCUT2D eigenvalue weighted by Crippen LogP contribution is 2.21. The van der Waals surface area contributed by atoms with Crippen LogP contribution < -0.4 is 5.69 Å². The normalized spacial score (nSPS) is 11.2. The summed E-state index contributed by atoms with van der Waals surface area (Å²) in [6.07, 6.45) is 3.55. The average Bonchev–Trinajstić information content (AvgIpc) is 2.66. The molecule has 2 aromatic rings. The second-order valence-electron chi connectivity index (χ2n) is 4.45. The third kappa shape index (κ3) is 2.62. The summed E-state index contributed by atoms with van der Waals surface area (Å²) >= 11 is 12.0. The van der Waals surface area contributed by atoms with Crippen LogP contribution in [0.1, 0.15) is 25.5 Å². The van der Waals surface area contributed by atoms with Gasteiger partial charge in [0.15, 0.2) is 0 Å². The van der Waals surface area contributed by atoms with Crippen molar-refractivity contribution in [3.63, 3.8) is 0 Å². The summed E-state index contributed by atoms with van der Waals surface area (Å²) in [4.78, 5) is 12.1. The van der Waals surface area contributed by atoms with Crippen LogP contribution in [-0.4, -0.2) is 9.13 Å². The molecule has 0 N–H and O–H groups in total. The van der Waals surface area contributed by atoms with Gasteiger partial charge in [-0.3, -0.25) is 9.13 Å². The van der Waals surface area contributed by atoms with Gasteiger partial charge in [-0.15, -0.1) is 0 Å². The zero-order chi connectivity index (χ0) is 13.3. The molecule has 1 aromatic carbocycles.